The molecule has 0 aliphatic carbocycles. The van der Waals surface area contributed by atoms with Crippen LogP contribution in [0.3, 0.4) is 0 Å². The molecule has 1 fully saturated rings. The van der Waals surface area contributed by atoms with Crippen molar-refractivity contribution in [2.24, 2.45) is 0 Å². The van der Waals surface area contributed by atoms with Gasteiger partial charge in [-0.15, -0.1) is 0 Å². The second-order valence-corrected chi connectivity index (χ2v) is 6.31. The molecule has 0 amide bonds. The third-order valence-corrected chi connectivity index (χ3v) is 3.94. The van der Waals surface area contributed by atoms with Gasteiger partial charge in [0.15, 0.2) is 0 Å². The van der Waals surface area contributed by atoms with E-state index in [0.29, 0.717) is 6.04 Å². The van der Waals surface area contributed by atoms with Crippen molar-refractivity contribution in [2.75, 3.05) is 6.54 Å². The van der Waals surface area contributed by atoms with E-state index in [1.54, 1.807) is 0 Å². The van der Waals surface area contributed by atoms with Crippen molar-refractivity contribution >= 4 is 0 Å². The molecule has 100 valence electrons. The Labute approximate surface area is 111 Å². The van der Waals surface area contributed by atoms with Gasteiger partial charge in [0.1, 0.15) is 0 Å². The minimum absolute atomic E-state index is 0.275. The van der Waals surface area contributed by atoms with Gasteiger partial charge in [-0.25, -0.2) is 0 Å². The quantitative estimate of drug-likeness (QED) is 0.857. The van der Waals surface area contributed by atoms with Crippen LogP contribution >= 0.6 is 0 Å². The third-order valence-electron chi connectivity index (χ3n) is 3.94. The molecule has 2 N–H and O–H groups in total. The van der Waals surface area contributed by atoms with Gasteiger partial charge < -0.3 is 10.6 Å². The molecular formula is C16H26N2. The molecule has 1 saturated heterocycles. The highest BCUT2D eigenvalue weighted by molar-refractivity contribution is 5.30. The molecule has 0 saturated carbocycles. The second-order valence-electron chi connectivity index (χ2n) is 6.31. The highest BCUT2D eigenvalue weighted by atomic mass is 15.0. The summed E-state index contributed by atoms with van der Waals surface area (Å²) < 4.78 is 0. The van der Waals surface area contributed by atoms with Crippen LogP contribution in [-0.4, -0.2) is 18.1 Å². The SMILES string of the molecule is Cc1ccc(C)c(CNC2CCNC(C)(C)C2)c1. The first-order valence-electron chi connectivity index (χ1n) is 7.01. The van der Waals surface area contributed by atoms with E-state index in [4.69, 9.17) is 0 Å². The number of hydrogen-bond acceptors (Lipinski definition) is 2. The summed E-state index contributed by atoms with van der Waals surface area (Å²) in [5.41, 5.74) is 4.45. The Bertz CT molecular complexity index is 410. The van der Waals surface area contributed by atoms with Gasteiger partial charge in [-0.1, -0.05) is 23.8 Å². The summed E-state index contributed by atoms with van der Waals surface area (Å²) in [6.07, 6.45) is 2.44. The summed E-state index contributed by atoms with van der Waals surface area (Å²) >= 11 is 0. The zero-order chi connectivity index (χ0) is 13.2. The molecular weight excluding hydrogens is 220 g/mol. The zero-order valence-electron chi connectivity index (χ0n) is 12.1. The maximum Gasteiger partial charge on any atom is 0.0210 e. The van der Waals surface area contributed by atoms with Crippen LogP contribution in [-0.2, 0) is 6.54 Å². The van der Waals surface area contributed by atoms with E-state index >= 15 is 0 Å². The van der Waals surface area contributed by atoms with Gasteiger partial charge in [0.2, 0.25) is 0 Å². The Kier molecular flexibility index (Phi) is 4.08. The fraction of sp³-hybridized carbons (Fsp3) is 0.625. The molecule has 0 radical (unpaired) electrons. The molecule has 1 aromatic rings. The molecule has 0 aromatic heterocycles. The van der Waals surface area contributed by atoms with Crippen LogP contribution in [0.25, 0.3) is 0 Å². The van der Waals surface area contributed by atoms with Crippen molar-refractivity contribution in [3.8, 4) is 0 Å². The highest BCUT2D eigenvalue weighted by Crippen LogP contribution is 2.19. The molecule has 2 heteroatoms. The molecule has 1 unspecified atom stereocenters. The van der Waals surface area contributed by atoms with Gasteiger partial charge in [-0.2, -0.15) is 0 Å². The van der Waals surface area contributed by atoms with E-state index in [-0.39, 0.29) is 5.54 Å². The van der Waals surface area contributed by atoms with E-state index in [2.05, 4.69) is 56.5 Å². The Morgan fingerprint density at radius 2 is 2.11 bits per heavy atom. The van der Waals surface area contributed by atoms with Crippen LogP contribution in [0, 0.1) is 13.8 Å². The van der Waals surface area contributed by atoms with Crippen LogP contribution in [0.5, 0.6) is 0 Å². The van der Waals surface area contributed by atoms with E-state index in [0.717, 1.165) is 13.1 Å². The Morgan fingerprint density at radius 3 is 2.83 bits per heavy atom. The highest BCUT2D eigenvalue weighted by Gasteiger charge is 2.26. The zero-order valence-corrected chi connectivity index (χ0v) is 12.1. The minimum Gasteiger partial charge on any atom is -0.312 e. The third kappa shape index (κ3) is 3.56. The monoisotopic (exact) mass is 246 g/mol. The Balaban J connectivity index is 1.93. The van der Waals surface area contributed by atoms with Crippen molar-refractivity contribution in [1.82, 2.24) is 10.6 Å². The lowest BCUT2D eigenvalue weighted by atomic mass is 9.89. The van der Waals surface area contributed by atoms with Crippen LogP contribution in [0.15, 0.2) is 18.2 Å². The Morgan fingerprint density at radius 1 is 1.33 bits per heavy atom. The van der Waals surface area contributed by atoms with E-state index in [1.165, 1.54) is 29.5 Å². The van der Waals surface area contributed by atoms with Crippen molar-refractivity contribution < 1.29 is 0 Å². The van der Waals surface area contributed by atoms with E-state index in [1.807, 2.05) is 0 Å². The maximum absolute atomic E-state index is 3.72. The molecule has 1 atom stereocenters. The number of aryl methyl sites for hydroxylation is 2. The summed E-state index contributed by atoms with van der Waals surface area (Å²) in [4.78, 5) is 0. The lowest BCUT2D eigenvalue weighted by Gasteiger charge is -2.37. The summed E-state index contributed by atoms with van der Waals surface area (Å²) in [7, 11) is 0. The van der Waals surface area contributed by atoms with Crippen molar-refractivity contribution in [1.29, 1.82) is 0 Å². The number of hydrogen-bond donors (Lipinski definition) is 2. The molecule has 18 heavy (non-hydrogen) atoms. The van der Waals surface area contributed by atoms with Crippen molar-refractivity contribution in [2.45, 2.75) is 58.7 Å². The van der Waals surface area contributed by atoms with Gasteiger partial charge in [0.25, 0.3) is 0 Å². The van der Waals surface area contributed by atoms with Gasteiger partial charge in [0, 0.05) is 18.1 Å². The molecule has 1 heterocycles. The fourth-order valence-electron chi connectivity index (χ4n) is 2.79. The summed E-state index contributed by atoms with van der Waals surface area (Å²) in [6.45, 7) is 11.1. The second kappa shape index (κ2) is 5.41. The average Bonchev–Trinajstić information content (AvgIpc) is 2.29. The predicted octanol–water partition coefficient (Wildman–Crippen LogP) is 2.92. The first-order valence-corrected chi connectivity index (χ1v) is 7.01. The van der Waals surface area contributed by atoms with Crippen LogP contribution in [0.1, 0.15) is 43.4 Å². The molecule has 1 aliphatic heterocycles. The topological polar surface area (TPSA) is 24.1 Å². The number of piperidine rings is 1. The van der Waals surface area contributed by atoms with Gasteiger partial charge in [-0.05, 0) is 58.2 Å². The molecule has 0 spiro atoms. The van der Waals surface area contributed by atoms with E-state index < -0.39 is 0 Å². The molecule has 2 rings (SSSR count). The van der Waals surface area contributed by atoms with E-state index in [9.17, 15) is 0 Å². The first kappa shape index (κ1) is 13.6. The lowest BCUT2D eigenvalue weighted by Crippen LogP contribution is -2.51. The van der Waals surface area contributed by atoms with Gasteiger partial charge in [0.05, 0.1) is 0 Å². The van der Waals surface area contributed by atoms with Gasteiger partial charge >= 0.3 is 0 Å². The van der Waals surface area contributed by atoms with Crippen LogP contribution in [0.4, 0.5) is 0 Å². The molecule has 1 aromatic carbocycles. The van der Waals surface area contributed by atoms with Crippen molar-refractivity contribution in [3.63, 3.8) is 0 Å². The average molecular weight is 246 g/mol. The van der Waals surface area contributed by atoms with Crippen molar-refractivity contribution in [3.05, 3.63) is 34.9 Å². The van der Waals surface area contributed by atoms with Gasteiger partial charge in [-0.3, -0.25) is 0 Å². The largest absolute Gasteiger partial charge is 0.312 e. The predicted molar refractivity (Wildman–Crippen MR) is 77.9 cm³/mol. The molecule has 1 aliphatic rings. The van der Waals surface area contributed by atoms with Crippen LogP contribution in [0.2, 0.25) is 0 Å². The summed E-state index contributed by atoms with van der Waals surface area (Å²) in [5, 5.41) is 7.29. The summed E-state index contributed by atoms with van der Waals surface area (Å²) in [6, 6.07) is 7.35. The standard InChI is InChI=1S/C16H26N2/c1-12-5-6-13(2)14(9-12)11-17-15-7-8-18-16(3,4)10-15/h5-6,9,15,17-18H,7-8,10-11H2,1-4H3. The molecule has 2 nitrogen and oxygen atoms in total. The normalized spacial score (nSPS) is 23.0. The first-order chi connectivity index (χ1) is 8.46. The minimum atomic E-state index is 0.275. The lowest BCUT2D eigenvalue weighted by molar-refractivity contribution is 0.247. The maximum atomic E-state index is 3.72. The number of rotatable bonds is 3. The molecule has 0 bridgehead atoms. The smallest absolute Gasteiger partial charge is 0.0210 e. The number of benzene rings is 1. The number of nitrogens with one attached hydrogen (secondary N) is 2. The fourth-order valence-corrected chi connectivity index (χ4v) is 2.79. The van der Waals surface area contributed by atoms with Crippen LogP contribution < -0.4 is 10.6 Å². The summed E-state index contributed by atoms with van der Waals surface area (Å²) in [5.74, 6) is 0. The Hall–Kier alpha value is -0.860.